The third-order valence-corrected chi connectivity index (χ3v) is 11.9. The van der Waals surface area contributed by atoms with Gasteiger partial charge < -0.3 is 9.47 Å². The Hall–Kier alpha value is -7.42. The zero-order valence-corrected chi connectivity index (χ0v) is 32.5. The van der Waals surface area contributed by atoms with Crippen molar-refractivity contribution in [2.75, 3.05) is 4.90 Å². The van der Waals surface area contributed by atoms with Crippen LogP contribution in [-0.4, -0.2) is 4.57 Å². The van der Waals surface area contributed by atoms with E-state index in [1.807, 2.05) is 6.08 Å². The van der Waals surface area contributed by atoms with Crippen LogP contribution in [0.15, 0.2) is 237 Å². The van der Waals surface area contributed by atoms with Gasteiger partial charge in [-0.05, 0) is 118 Å². The fourth-order valence-corrected chi connectivity index (χ4v) is 9.29. The number of hydrogen-bond donors (Lipinski definition) is 0. The van der Waals surface area contributed by atoms with Gasteiger partial charge in [0.15, 0.2) is 0 Å². The molecule has 0 N–H and O–H groups in total. The standard InChI is InChI=1S/C56H42N2/c1-3-4-28-52-40(2)49-36-35-48(39-53(49)56(52,43-19-9-5-10-20-43)44-21-11-6-12-22-44)57(45-23-13-7-14-24-45)47-33-30-41(31-34-47)42-32-37-55-51(38-42)50-27-17-18-29-54(50)58(55)46-25-15-8-16-26-46/h3-39H,1H2,2H3/b28-4-. The molecule has 0 bridgehead atoms. The number of hydrogen-bond acceptors (Lipinski definition) is 1. The predicted octanol–water partition coefficient (Wildman–Crippen LogP) is 14.8. The first-order valence-electron chi connectivity index (χ1n) is 20.0. The van der Waals surface area contributed by atoms with Gasteiger partial charge >= 0.3 is 0 Å². The Kier molecular flexibility index (Phi) is 8.81. The maximum Gasteiger partial charge on any atom is 0.0710 e. The first-order chi connectivity index (χ1) is 28.7. The number of rotatable bonds is 9. The van der Waals surface area contributed by atoms with E-state index in [9.17, 15) is 0 Å². The summed E-state index contributed by atoms with van der Waals surface area (Å²) >= 11 is 0. The second-order valence-corrected chi connectivity index (χ2v) is 15.0. The van der Waals surface area contributed by atoms with Gasteiger partial charge in [0.05, 0.1) is 16.4 Å². The molecule has 0 saturated heterocycles. The molecule has 276 valence electrons. The third kappa shape index (κ3) is 5.64. The smallest absolute Gasteiger partial charge is 0.0710 e. The van der Waals surface area contributed by atoms with E-state index in [2.05, 4.69) is 241 Å². The molecule has 9 aromatic rings. The van der Waals surface area contributed by atoms with E-state index in [-0.39, 0.29) is 0 Å². The summed E-state index contributed by atoms with van der Waals surface area (Å²) in [5, 5.41) is 2.50. The summed E-state index contributed by atoms with van der Waals surface area (Å²) in [4.78, 5) is 2.38. The van der Waals surface area contributed by atoms with Gasteiger partial charge in [0.2, 0.25) is 0 Å². The lowest BCUT2D eigenvalue weighted by Crippen LogP contribution is -2.29. The van der Waals surface area contributed by atoms with Gasteiger partial charge in [-0.2, -0.15) is 0 Å². The Labute approximate surface area is 340 Å². The van der Waals surface area contributed by atoms with Crippen molar-refractivity contribution in [3.8, 4) is 16.8 Å². The summed E-state index contributed by atoms with van der Waals surface area (Å²) in [6.07, 6.45) is 6.20. The zero-order valence-electron chi connectivity index (χ0n) is 32.5. The molecule has 10 rings (SSSR count). The Morgan fingerprint density at radius 2 is 1.05 bits per heavy atom. The number of allylic oxidation sites excluding steroid dienone is 5. The van der Waals surface area contributed by atoms with E-state index in [0.717, 1.165) is 17.1 Å². The Morgan fingerprint density at radius 3 is 1.72 bits per heavy atom. The minimum absolute atomic E-state index is 0.522. The van der Waals surface area contributed by atoms with Crippen LogP contribution in [0, 0.1) is 0 Å². The first kappa shape index (κ1) is 35.0. The van der Waals surface area contributed by atoms with Crippen LogP contribution < -0.4 is 4.90 Å². The number of para-hydroxylation sites is 3. The molecule has 0 atom stereocenters. The summed E-state index contributed by atoms with van der Waals surface area (Å²) in [5.41, 5.74) is 16.2. The molecule has 0 amide bonds. The van der Waals surface area contributed by atoms with E-state index in [0.29, 0.717) is 0 Å². The van der Waals surface area contributed by atoms with Crippen molar-refractivity contribution in [2.24, 2.45) is 0 Å². The molecule has 0 saturated carbocycles. The van der Waals surface area contributed by atoms with Crippen LogP contribution in [0.1, 0.15) is 29.2 Å². The van der Waals surface area contributed by atoms with Crippen LogP contribution in [0.3, 0.4) is 0 Å². The topological polar surface area (TPSA) is 8.17 Å². The highest BCUT2D eigenvalue weighted by Gasteiger charge is 2.46. The molecule has 0 spiro atoms. The number of anilines is 3. The lowest BCUT2D eigenvalue weighted by Gasteiger charge is -2.36. The summed E-state index contributed by atoms with van der Waals surface area (Å²) in [6, 6.07) is 74.9. The van der Waals surface area contributed by atoms with Crippen molar-refractivity contribution in [1.82, 2.24) is 4.57 Å². The number of nitrogens with zero attached hydrogens (tertiary/aromatic N) is 2. The van der Waals surface area contributed by atoms with Crippen molar-refractivity contribution < 1.29 is 0 Å². The van der Waals surface area contributed by atoms with E-state index in [1.165, 1.54) is 72.0 Å². The number of benzene rings is 8. The molecular formula is C56H42N2. The molecule has 2 heteroatoms. The summed E-state index contributed by atoms with van der Waals surface area (Å²) in [7, 11) is 0. The maximum atomic E-state index is 4.04. The molecule has 1 aliphatic carbocycles. The Balaban J connectivity index is 1.11. The molecule has 58 heavy (non-hydrogen) atoms. The van der Waals surface area contributed by atoms with Gasteiger partial charge in [0.1, 0.15) is 0 Å². The van der Waals surface area contributed by atoms with E-state index in [4.69, 9.17) is 0 Å². The molecule has 1 aliphatic rings. The third-order valence-electron chi connectivity index (χ3n) is 11.9. The van der Waals surface area contributed by atoms with E-state index in [1.54, 1.807) is 0 Å². The largest absolute Gasteiger partial charge is 0.310 e. The van der Waals surface area contributed by atoms with Crippen molar-refractivity contribution in [3.05, 3.63) is 259 Å². The Bertz CT molecular complexity index is 2950. The minimum atomic E-state index is -0.522. The quantitative estimate of drug-likeness (QED) is 0.134. The fraction of sp³-hybridized carbons (Fsp3) is 0.0357. The molecule has 2 nitrogen and oxygen atoms in total. The summed E-state index contributed by atoms with van der Waals surface area (Å²) in [5.74, 6) is 0. The molecule has 0 fully saturated rings. The van der Waals surface area contributed by atoms with Gasteiger partial charge in [-0.3, -0.25) is 0 Å². The SMILES string of the molecule is C=C/C=C\C1=C(C)c2ccc(N(c3ccccc3)c3ccc(-c4ccc5c(c4)c4ccccc4n5-c4ccccc4)cc3)cc2C1(c1ccccc1)c1ccccc1. The minimum Gasteiger partial charge on any atom is -0.310 e. The van der Waals surface area contributed by atoms with Crippen LogP contribution in [0.5, 0.6) is 0 Å². The maximum absolute atomic E-state index is 4.04. The van der Waals surface area contributed by atoms with E-state index < -0.39 is 5.41 Å². The van der Waals surface area contributed by atoms with Crippen molar-refractivity contribution in [3.63, 3.8) is 0 Å². The second-order valence-electron chi connectivity index (χ2n) is 15.0. The molecular weight excluding hydrogens is 701 g/mol. The predicted molar refractivity (Wildman–Crippen MR) is 246 cm³/mol. The van der Waals surface area contributed by atoms with Crippen LogP contribution in [0.2, 0.25) is 0 Å². The monoisotopic (exact) mass is 742 g/mol. The molecule has 1 aromatic heterocycles. The van der Waals surface area contributed by atoms with Gasteiger partial charge in [-0.1, -0.05) is 164 Å². The van der Waals surface area contributed by atoms with Crippen LogP contribution in [0.25, 0.3) is 44.2 Å². The van der Waals surface area contributed by atoms with Crippen LogP contribution in [0.4, 0.5) is 17.1 Å². The highest BCUT2D eigenvalue weighted by atomic mass is 15.1. The van der Waals surface area contributed by atoms with Gasteiger partial charge in [-0.15, -0.1) is 0 Å². The highest BCUT2D eigenvalue weighted by molar-refractivity contribution is 6.10. The Morgan fingerprint density at radius 1 is 0.500 bits per heavy atom. The normalized spacial score (nSPS) is 13.3. The van der Waals surface area contributed by atoms with Gasteiger partial charge in [0.25, 0.3) is 0 Å². The average molecular weight is 743 g/mol. The van der Waals surface area contributed by atoms with Crippen LogP contribution in [-0.2, 0) is 5.41 Å². The van der Waals surface area contributed by atoms with Crippen molar-refractivity contribution in [2.45, 2.75) is 12.3 Å². The average Bonchev–Trinajstić information content (AvgIpc) is 3.75. The zero-order chi connectivity index (χ0) is 39.1. The van der Waals surface area contributed by atoms with Gasteiger partial charge in [0, 0.05) is 33.5 Å². The van der Waals surface area contributed by atoms with Crippen molar-refractivity contribution in [1.29, 1.82) is 0 Å². The lowest BCUT2D eigenvalue weighted by atomic mass is 9.66. The van der Waals surface area contributed by atoms with E-state index >= 15 is 0 Å². The molecule has 1 heterocycles. The molecule has 8 aromatic carbocycles. The molecule has 0 unspecified atom stereocenters. The fourth-order valence-electron chi connectivity index (χ4n) is 9.29. The highest BCUT2D eigenvalue weighted by Crippen LogP contribution is 2.56. The summed E-state index contributed by atoms with van der Waals surface area (Å²) < 4.78 is 2.37. The summed E-state index contributed by atoms with van der Waals surface area (Å²) in [6.45, 7) is 6.30. The number of fused-ring (bicyclic) bond motifs is 4. The molecule has 0 aliphatic heterocycles. The lowest BCUT2D eigenvalue weighted by molar-refractivity contribution is 0.761. The molecule has 0 radical (unpaired) electrons. The van der Waals surface area contributed by atoms with Gasteiger partial charge in [-0.25, -0.2) is 0 Å². The first-order valence-corrected chi connectivity index (χ1v) is 20.0. The second kappa shape index (κ2) is 14.6. The van der Waals surface area contributed by atoms with Crippen molar-refractivity contribution >= 4 is 44.4 Å². The number of aromatic nitrogens is 1. The van der Waals surface area contributed by atoms with Crippen LogP contribution >= 0.6 is 0 Å².